The van der Waals surface area contributed by atoms with Crippen LogP contribution < -0.4 is 5.73 Å². The molecule has 0 saturated carbocycles. The third-order valence-electron chi connectivity index (χ3n) is 2.36. The summed E-state index contributed by atoms with van der Waals surface area (Å²) in [4.78, 5) is 4.26. The van der Waals surface area contributed by atoms with Crippen molar-refractivity contribution in [3.8, 4) is 0 Å². The van der Waals surface area contributed by atoms with E-state index in [1.54, 1.807) is 6.07 Å². The average Bonchev–Trinajstić information content (AvgIpc) is 2.29. The van der Waals surface area contributed by atoms with Crippen molar-refractivity contribution < 1.29 is 4.39 Å². The number of pyridine rings is 1. The molecule has 2 N–H and O–H groups in total. The average molecular weight is 204 g/mol. The summed E-state index contributed by atoms with van der Waals surface area (Å²) in [5.41, 5.74) is 6.61. The third kappa shape index (κ3) is 2.13. The first-order chi connectivity index (χ1) is 7.31. The van der Waals surface area contributed by atoms with Gasteiger partial charge in [-0.1, -0.05) is 24.3 Å². The molecule has 2 nitrogen and oxygen atoms in total. The van der Waals surface area contributed by atoms with Crippen LogP contribution in [0, 0.1) is 0 Å². The molecule has 2 rings (SSSR count). The number of fused-ring (bicyclic) bond motifs is 1. The molecular weight excluding hydrogens is 191 g/mol. The van der Waals surface area contributed by atoms with Gasteiger partial charge in [0.15, 0.2) is 0 Å². The first-order valence-corrected chi connectivity index (χ1v) is 5.01. The second kappa shape index (κ2) is 4.36. The van der Waals surface area contributed by atoms with E-state index < -0.39 is 6.17 Å². The van der Waals surface area contributed by atoms with Crippen LogP contribution in [0.3, 0.4) is 0 Å². The molecule has 0 bridgehead atoms. The first-order valence-electron chi connectivity index (χ1n) is 5.01. The number of rotatable bonds is 3. The van der Waals surface area contributed by atoms with E-state index >= 15 is 0 Å². The third-order valence-corrected chi connectivity index (χ3v) is 2.36. The Balaban J connectivity index is 2.38. The topological polar surface area (TPSA) is 38.9 Å². The zero-order valence-electron chi connectivity index (χ0n) is 8.36. The van der Waals surface area contributed by atoms with Crippen molar-refractivity contribution in [2.75, 3.05) is 6.54 Å². The van der Waals surface area contributed by atoms with Crippen LogP contribution in [0.4, 0.5) is 4.39 Å². The van der Waals surface area contributed by atoms with Gasteiger partial charge in [-0.3, -0.25) is 0 Å². The lowest BCUT2D eigenvalue weighted by atomic mass is 10.1. The molecule has 1 aromatic carbocycles. The van der Waals surface area contributed by atoms with Gasteiger partial charge in [0.1, 0.15) is 6.17 Å². The zero-order chi connectivity index (χ0) is 10.7. The highest BCUT2D eigenvalue weighted by molar-refractivity contribution is 5.78. The van der Waals surface area contributed by atoms with Crippen LogP contribution >= 0.6 is 0 Å². The molecule has 0 spiro atoms. The van der Waals surface area contributed by atoms with Crippen LogP contribution in [0.15, 0.2) is 36.4 Å². The molecule has 1 heterocycles. The number of hydrogen-bond acceptors (Lipinski definition) is 2. The van der Waals surface area contributed by atoms with Crippen molar-refractivity contribution in [3.63, 3.8) is 0 Å². The van der Waals surface area contributed by atoms with Gasteiger partial charge in [-0.2, -0.15) is 0 Å². The van der Waals surface area contributed by atoms with Gasteiger partial charge >= 0.3 is 0 Å². The molecule has 2 aromatic rings. The fraction of sp³-hybridized carbons (Fsp3) is 0.250. The maximum atomic E-state index is 13.5. The number of nitrogens with two attached hydrogens (primary N) is 1. The SMILES string of the molecule is NCCC(F)c1ccc2ccccc2n1. The van der Waals surface area contributed by atoms with Gasteiger partial charge in [0, 0.05) is 5.39 Å². The standard InChI is InChI=1S/C12H13FN2/c13-10(7-8-14)12-6-5-9-3-1-2-4-11(9)15-12/h1-6,10H,7-8,14H2. The van der Waals surface area contributed by atoms with E-state index in [1.807, 2.05) is 30.3 Å². The smallest absolute Gasteiger partial charge is 0.143 e. The van der Waals surface area contributed by atoms with Gasteiger partial charge < -0.3 is 5.73 Å². The molecule has 0 fully saturated rings. The Morgan fingerprint density at radius 1 is 1.20 bits per heavy atom. The van der Waals surface area contributed by atoms with Crippen LogP contribution in [0.5, 0.6) is 0 Å². The van der Waals surface area contributed by atoms with Gasteiger partial charge in [-0.05, 0) is 25.1 Å². The quantitative estimate of drug-likeness (QED) is 0.834. The number of alkyl halides is 1. The van der Waals surface area contributed by atoms with Gasteiger partial charge in [0.25, 0.3) is 0 Å². The molecule has 0 aliphatic rings. The largest absolute Gasteiger partial charge is 0.330 e. The van der Waals surface area contributed by atoms with E-state index in [-0.39, 0.29) is 0 Å². The van der Waals surface area contributed by atoms with Crippen LogP contribution in [0.2, 0.25) is 0 Å². The fourth-order valence-corrected chi connectivity index (χ4v) is 1.55. The van der Waals surface area contributed by atoms with Gasteiger partial charge in [0.2, 0.25) is 0 Å². The van der Waals surface area contributed by atoms with Crippen molar-refractivity contribution in [1.29, 1.82) is 0 Å². The fourth-order valence-electron chi connectivity index (χ4n) is 1.55. The van der Waals surface area contributed by atoms with Crippen molar-refractivity contribution in [1.82, 2.24) is 4.98 Å². The minimum Gasteiger partial charge on any atom is -0.330 e. The summed E-state index contributed by atoms with van der Waals surface area (Å²) in [7, 11) is 0. The van der Waals surface area contributed by atoms with E-state index in [1.165, 1.54) is 0 Å². The van der Waals surface area contributed by atoms with E-state index in [0.717, 1.165) is 10.9 Å². The molecule has 1 unspecified atom stereocenters. The first kappa shape index (κ1) is 10.1. The Hall–Kier alpha value is -1.48. The second-order valence-electron chi connectivity index (χ2n) is 3.47. The number of halogens is 1. The summed E-state index contributed by atoms with van der Waals surface area (Å²) in [6.45, 7) is 0.343. The summed E-state index contributed by atoms with van der Waals surface area (Å²) in [5, 5.41) is 1.03. The van der Waals surface area contributed by atoms with Gasteiger partial charge in [-0.15, -0.1) is 0 Å². The minimum atomic E-state index is -1.06. The second-order valence-corrected chi connectivity index (χ2v) is 3.47. The van der Waals surface area contributed by atoms with Crippen molar-refractivity contribution >= 4 is 10.9 Å². The Morgan fingerprint density at radius 3 is 2.80 bits per heavy atom. The Kier molecular flexibility index (Phi) is 2.92. The maximum absolute atomic E-state index is 13.5. The molecule has 0 saturated heterocycles. The number of aromatic nitrogens is 1. The predicted octanol–water partition coefficient (Wildman–Crippen LogP) is 2.59. The summed E-state index contributed by atoms with van der Waals surface area (Å²) in [6.07, 6.45) is -0.731. The summed E-state index contributed by atoms with van der Waals surface area (Å²) >= 11 is 0. The Morgan fingerprint density at radius 2 is 2.00 bits per heavy atom. The number of hydrogen-bond donors (Lipinski definition) is 1. The van der Waals surface area contributed by atoms with Crippen LogP contribution in [0.1, 0.15) is 18.3 Å². The lowest BCUT2D eigenvalue weighted by Crippen LogP contribution is -2.04. The van der Waals surface area contributed by atoms with Crippen LogP contribution in [-0.4, -0.2) is 11.5 Å². The number of benzene rings is 1. The molecule has 1 aromatic heterocycles. The highest BCUT2D eigenvalue weighted by atomic mass is 19.1. The molecule has 0 aliphatic heterocycles. The van der Waals surface area contributed by atoms with Gasteiger partial charge in [-0.25, -0.2) is 9.37 Å². The summed E-state index contributed by atoms with van der Waals surface area (Å²) < 4.78 is 13.5. The zero-order valence-corrected chi connectivity index (χ0v) is 8.36. The van der Waals surface area contributed by atoms with Gasteiger partial charge in [0.05, 0.1) is 11.2 Å². The Labute approximate surface area is 87.9 Å². The molecule has 1 atom stereocenters. The molecule has 0 amide bonds. The molecular formula is C12H13FN2. The lowest BCUT2D eigenvalue weighted by Gasteiger charge is -2.06. The summed E-state index contributed by atoms with van der Waals surface area (Å²) in [5.74, 6) is 0. The van der Waals surface area contributed by atoms with E-state index in [9.17, 15) is 4.39 Å². The highest BCUT2D eigenvalue weighted by Crippen LogP contribution is 2.21. The van der Waals surface area contributed by atoms with Crippen molar-refractivity contribution in [3.05, 3.63) is 42.1 Å². The van der Waals surface area contributed by atoms with Crippen molar-refractivity contribution in [2.45, 2.75) is 12.6 Å². The molecule has 78 valence electrons. The van der Waals surface area contributed by atoms with Crippen LogP contribution in [0.25, 0.3) is 10.9 Å². The molecule has 15 heavy (non-hydrogen) atoms. The van der Waals surface area contributed by atoms with Crippen molar-refractivity contribution in [2.24, 2.45) is 5.73 Å². The predicted molar refractivity (Wildman–Crippen MR) is 59.3 cm³/mol. The molecule has 0 radical (unpaired) electrons. The van der Waals surface area contributed by atoms with E-state index in [4.69, 9.17) is 5.73 Å². The monoisotopic (exact) mass is 204 g/mol. The highest BCUT2D eigenvalue weighted by Gasteiger charge is 2.10. The normalized spacial score (nSPS) is 12.9. The minimum absolute atomic E-state index is 0.325. The Bertz CT molecular complexity index is 456. The number of nitrogens with zero attached hydrogens (tertiary/aromatic N) is 1. The lowest BCUT2D eigenvalue weighted by molar-refractivity contribution is 0.321. The molecule has 3 heteroatoms. The van der Waals surface area contributed by atoms with Crippen LogP contribution in [-0.2, 0) is 0 Å². The van der Waals surface area contributed by atoms with E-state index in [2.05, 4.69) is 4.98 Å². The molecule has 0 aliphatic carbocycles. The summed E-state index contributed by atoms with van der Waals surface area (Å²) in [6, 6.07) is 11.3. The van der Waals surface area contributed by atoms with E-state index in [0.29, 0.717) is 18.7 Å². The maximum Gasteiger partial charge on any atom is 0.143 e. The number of para-hydroxylation sites is 1.